The number of nitrogens with one attached hydrogen (secondary N) is 2. The molecular weight excluding hydrogens is 372 g/mol. The molecule has 3 rings (SSSR count). The second-order valence-corrected chi connectivity index (χ2v) is 7.33. The molecule has 0 bridgehead atoms. The van der Waals surface area contributed by atoms with Crippen molar-refractivity contribution < 1.29 is 9.59 Å². The predicted molar refractivity (Wildman–Crippen MR) is 123 cm³/mol. The molecule has 0 fully saturated rings. The van der Waals surface area contributed by atoms with Gasteiger partial charge in [-0.3, -0.25) is 9.59 Å². The van der Waals surface area contributed by atoms with Crippen LogP contribution in [0, 0.1) is 0 Å². The van der Waals surface area contributed by atoms with E-state index in [4.69, 9.17) is 0 Å². The van der Waals surface area contributed by atoms with Crippen LogP contribution in [0.15, 0.2) is 78.9 Å². The first-order valence-electron chi connectivity index (χ1n) is 10.5. The zero-order valence-corrected chi connectivity index (χ0v) is 17.4. The van der Waals surface area contributed by atoms with Crippen molar-refractivity contribution in [3.05, 3.63) is 95.6 Å². The monoisotopic (exact) mass is 400 g/mol. The molecule has 0 spiro atoms. The lowest BCUT2D eigenvalue weighted by molar-refractivity contribution is 0.102. The third-order valence-electron chi connectivity index (χ3n) is 4.99. The van der Waals surface area contributed by atoms with Gasteiger partial charge < -0.3 is 10.6 Å². The summed E-state index contributed by atoms with van der Waals surface area (Å²) in [6.07, 6.45) is 6.00. The molecule has 0 radical (unpaired) electrons. The molecule has 30 heavy (non-hydrogen) atoms. The molecule has 3 aromatic rings. The first-order chi connectivity index (χ1) is 14.7. The summed E-state index contributed by atoms with van der Waals surface area (Å²) in [5.74, 6) is -0.502. The fraction of sp³-hybridized carbons (Fsp3) is 0.231. The number of amides is 2. The van der Waals surface area contributed by atoms with Gasteiger partial charge in [0.2, 0.25) is 0 Å². The van der Waals surface area contributed by atoms with E-state index in [9.17, 15) is 9.59 Å². The Balaban J connectivity index is 1.64. The number of hydrogen-bond donors (Lipinski definition) is 2. The first-order valence-corrected chi connectivity index (χ1v) is 10.5. The summed E-state index contributed by atoms with van der Waals surface area (Å²) < 4.78 is 0. The molecule has 0 atom stereocenters. The number of rotatable bonds is 9. The highest BCUT2D eigenvalue weighted by Gasteiger charge is 2.14. The normalized spacial score (nSPS) is 10.4. The lowest BCUT2D eigenvalue weighted by atomic mass is 10.1. The molecule has 2 N–H and O–H groups in total. The van der Waals surface area contributed by atoms with Crippen LogP contribution in [-0.4, -0.2) is 11.8 Å². The second-order valence-electron chi connectivity index (χ2n) is 7.33. The summed E-state index contributed by atoms with van der Waals surface area (Å²) in [6, 6.07) is 23.9. The largest absolute Gasteiger partial charge is 0.322 e. The molecule has 0 saturated carbocycles. The van der Waals surface area contributed by atoms with Crippen LogP contribution in [0.4, 0.5) is 11.4 Å². The van der Waals surface area contributed by atoms with Crippen LogP contribution in [0.5, 0.6) is 0 Å². The number of anilines is 2. The van der Waals surface area contributed by atoms with Crippen LogP contribution in [0.1, 0.15) is 58.9 Å². The van der Waals surface area contributed by atoms with Crippen molar-refractivity contribution >= 4 is 23.2 Å². The van der Waals surface area contributed by atoms with E-state index < -0.39 is 0 Å². The van der Waals surface area contributed by atoms with Gasteiger partial charge >= 0.3 is 0 Å². The summed E-state index contributed by atoms with van der Waals surface area (Å²) >= 11 is 0. The maximum atomic E-state index is 12.8. The van der Waals surface area contributed by atoms with E-state index in [-0.39, 0.29) is 11.8 Å². The number of carbonyl (C=O) groups is 2. The minimum atomic E-state index is -0.255. The van der Waals surface area contributed by atoms with Crippen molar-refractivity contribution in [1.82, 2.24) is 0 Å². The van der Waals surface area contributed by atoms with E-state index in [2.05, 4.69) is 29.7 Å². The van der Waals surface area contributed by atoms with Crippen LogP contribution in [0.3, 0.4) is 0 Å². The lowest BCUT2D eigenvalue weighted by Gasteiger charge is -2.12. The predicted octanol–water partition coefficient (Wildman–Crippen LogP) is 6.31. The molecule has 4 nitrogen and oxygen atoms in total. The van der Waals surface area contributed by atoms with E-state index in [1.807, 2.05) is 18.2 Å². The Bertz CT molecular complexity index is 966. The van der Waals surface area contributed by atoms with Gasteiger partial charge in [0, 0.05) is 11.3 Å². The minimum Gasteiger partial charge on any atom is -0.322 e. The second kappa shape index (κ2) is 11.0. The Morgan fingerprint density at radius 1 is 0.700 bits per heavy atom. The summed E-state index contributed by atoms with van der Waals surface area (Å²) in [7, 11) is 0. The molecule has 3 aromatic carbocycles. The molecule has 0 heterocycles. The summed E-state index contributed by atoms with van der Waals surface area (Å²) in [6.45, 7) is 2.21. The zero-order chi connectivity index (χ0) is 21.2. The molecular formula is C26H28N2O2. The van der Waals surface area contributed by atoms with Crippen molar-refractivity contribution in [2.75, 3.05) is 10.6 Å². The maximum absolute atomic E-state index is 12.8. The average molecular weight is 401 g/mol. The van der Waals surface area contributed by atoms with Crippen molar-refractivity contribution in [2.45, 2.75) is 39.0 Å². The summed E-state index contributed by atoms with van der Waals surface area (Å²) in [5.41, 5.74) is 3.46. The maximum Gasteiger partial charge on any atom is 0.257 e. The van der Waals surface area contributed by atoms with Gasteiger partial charge in [-0.15, -0.1) is 0 Å². The molecule has 0 unspecified atom stereocenters. The summed E-state index contributed by atoms with van der Waals surface area (Å²) in [4.78, 5) is 25.3. The Morgan fingerprint density at radius 2 is 1.40 bits per heavy atom. The number of unbranched alkanes of at least 4 members (excludes halogenated alkanes) is 3. The van der Waals surface area contributed by atoms with Crippen molar-refractivity contribution in [1.29, 1.82) is 0 Å². The van der Waals surface area contributed by atoms with Gasteiger partial charge in [0.25, 0.3) is 11.8 Å². The molecule has 0 saturated heterocycles. The molecule has 0 aromatic heterocycles. The smallest absolute Gasteiger partial charge is 0.257 e. The van der Waals surface area contributed by atoms with Gasteiger partial charge in [-0.1, -0.05) is 68.7 Å². The van der Waals surface area contributed by atoms with Gasteiger partial charge in [0.1, 0.15) is 0 Å². The fourth-order valence-electron chi connectivity index (χ4n) is 3.28. The molecule has 154 valence electrons. The van der Waals surface area contributed by atoms with E-state index in [1.165, 1.54) is 31.2 Å². The van der Waals surface area contributed by atoms with E-state index in [1.54, 1.807) is 48.5 Å². The van der Waals surface area contributed by atoms with Gasteiger partial charge in [0.15, 0.2) is 0 Å². The molecule has 0 aliphatic heterocycles. The van der Waals surface area contributed by atoms with E-state index in [0.717, 1.165) is 12.1 Å². The Hall–Kier alpha value is -3.40. The topological polar surface area (TPSA) is 58.2 Å². The number of aryl methyl sites for hydroxylation is 1. The van der Waals surface area contributed by atoms with Crippen LogP contribution >= 0.6 is 0 Å². The van der Waals surface area contributed by atoms with Crippen LogP contribution < -0.4 is 10.6 Å². The number of hydrogen-bond acceptors (Lipinski definition) is 2. The Kier molecular flexibility index (Phi) is 7.78. The Labute approximate surface area is 178 Å². The summed E-state index contributed by atoms with van der Waals surface area (Å²) in [5, 5.41) is 5.76. The standard InChI is InChI=1S/C26H28N2O2/c1-2-3-4-6-11-20-16-18-22(19-17-20)27-26(30)23-14-9-10-15-24(23)28-25(29)21-12-7-5-8-13-21/h5,7-10,12-19H,2-4,6,11H2,1H3,(H,27,30)(H,28,29). The molecule has 2 amide bonds. The van der Waals surface area contributed by atoms with Gasteiger partial charge in [-0.2, -0.15) is 0 Å². The van der Waals surface area contributed by atoms with Crippen LogP contribution in [0.25, 0.3) is 0 Å². The Morgan fingerprint density at radius 3 is 2.13 bits per heavy atom. The van der Waals surface area contributed by atoms with Crippen LogP contribution in [0.2, 0.25) is 0 Å². The van der Waals surface area contributed by atoms with Crippen molar-refractivity contribution in [2.24, 2.45) is 0 Å². The van der Waals surface area contributed by atoms with E-state index >= 15 is 0 Å². The minimum absolute atomic E-state index is 0.247. The van der Waals surface area contributed by atoms with Crippen molar-refractivity contribution in [3.63, 3.8) is 0 Å². The molecule has 4 heteroatoms. The number of carbonyl (C=O) groups excluding carboxylic acids is 2. The first kappa shape index (κ1) is 21.3. The average Bonchev–Trinajstić information content (AvgIpc) is 2.78. The molecule has 0 aliphatic rings. The van der Waals surface area contributed by atoms with Gasteiger partial charge in [0.05, 0.1) is 11.3 Å². The van der Waals surface area contributed by atoms with Crippen molar-refractivity contribution in [3.8, 4) is 0 Å². The van der Waals surface area contributed by atoms with Gasteiger partial charge in [-0.05, 0) is 54.8 Å². The highest BCUT2D eigenvalue weighted by Crippen LogP contribution is 2.19. The SMILES string of the molecule is CCCCCCc1ccc(NC(=O)c2ccccc2NC(=O)c2ccccc2)cc1. The van der Waals surface area contributed by atoms with Gasteiger partial charge in [-0.25, -0.2) is 0 Å². The highest BCUT2D eigenvalue weighted by atomic mass is 16.2. The fourth-order valence-corrected chi connectivity index (χ4v) is 3.28. The number of benzene rings is 3. The highest BCUT2D eigenvalue weighted by molar-refractivity contribution is 6.12. The third-order valence-corrected chi connectivity index (χ3v) is 4.99. The quantitative estimate of drug-likeness (QED) is 0.413. The van der Waals surface area contributed by atoms with E-state index in [0.29, 0.717) is 16.8 Å². The zero-order valence-electron chi connectivity index (χ0n) is 17.4. The number of para-hydroxylation sites is 1. The lowest BCUT2D eigenvalue weighted by Crippen LogP contribution is -2.18. The van der Waals surface area contributed by atoms with Crippen LogP contribution in [-0.2, 0) is 6.42 Å². The third kappa shape index (κ3) is 6.05. The molecule has 0 aliphatic carbocycles.